The molecule has 0 aromatic heterocycles. The molecule has 0 spiro atoms. The minimum atomic E-state index is -2.56. The van der Waals surface area contributed by atoms with Gasteiger partial charge in [-0.25, -0.2) is 26.7 Å². The SMILES string of the molecule is NC(N)=NCCC[C@@H](N)C(=O)N[C@@H](CCCN=C(N)N)C(=O)N1CCC[C@H]1C(=O)N1C[C@H](O)C[C@H]1C(=O)NCC(=O)N[C@H](C(=O)N[C@@H](CO)C(=O)N[C@H](Cc1c(F)c(F)c(F)c(F)c1F)C(=O)N[C@H](C(=O)N[C@@H](CCCN=C(N)N)C(=O)O)C1Cc2ccccc2C1)C1Cc2ccccc2C1. The van der Waals surface area contributed by atoms with Gasteiger partial charge in [-0.3, -0.25) is 58.1 Å². The standard InChI is InChI=1S/C64H86F5N19O13/c65-46-37(47(66)49(68)50(69)48(46)67)26-41(54(93)86-52(35-23-32-11-3-4-12-33(32)24-35)58(97)82-40(61(100)101)15-7-19-79-64(75)76)83-55(94)42(29-89)84-57(96)51(34-21-30-9-1-2-10-31(30)22-34)85-45(91)27-80-56(95)44-25-36(90)28-88(44)60(99)43-16-8-20-87(43)59(98)39(14-6-18-78-63(73)74)81-53(92)38(70)13-5-17-77-62(71)72/h1-4,9-12,34-36,38-44,51-52,89-90H,5-8,13-29,70H2,(H,80,95)(H,81,92)(H,82,97)(H,83,94)(H,84,96)(H,85,91)(H,86,93)(H,100,101)(H4,71,72,77)(H4,73,74,78)(H4,75,76,79)/t36-,38-,39+,40+,41-,42+,43+,44+,51+,52+/m1/s1. The largest absolute Gasteiger partial charge is 0.480 e. The summed E-state index contributed by atoms with van der Waals surface area (Å²) < 4.78 is 75.2. The van der Waals surface area contributed by atoms with E-state index in [1.807, 2.05) is 0 Å². The van der Waals surface area contributed by atoms with Gasteiger partial charge in [0.25, 0.3) is 0 Å². The molecule has 2 heterocycles. The third-order valence-corrected chi connectivity index (χ3v) is 18.0. The molecular weight excluding hydrogens is 1340 g/mol. The van der Waals surface area contributed by atoms with Gasteiger partial charge in [0.2, 0.25) is 59.0 Å². The first-order valence-corrected chi connectivity index (χ1v) is 32.7. The molecule has 0 radical (unpaired) electrons. The topological polar surface area (TPSA) is 541 Å². The second-order valence-electron chi connectivity index (χ2n) is 25.2. The Kier molecular flexibility index (Phi) is 27.9. The Bertz CT molecular complexity index is 3580. The lowest BCUT2D eigenvalue weighted by Gasteiger charge is -2.33. The van der Waals surface area contributed by atoms with Crippen molar-refractivity contribution in [2.45, 2.75) is 150 Å². The van der Waals surface area contributed by atoms with E-state index in [1.54, 1.807) is 48.5 Å². The number of aliphatic imine (C=N–C) groups is 3. The number of amides is 9. The summed E-state index contributed by atoms with van der Waals surface area (Å²) in [4.78, 5) is 155. The number of nitrogens with two attached hydrogens (primary N) is 7. The summed E-state index contributed by atoms with van der Waals surface area (Å²) in [6.07, 6.45) is -1.75. The molecule has 0 saturated carbocycles. The average Bonchev–Trinajstić information content (AvgIpc) is 1.71. The molecular formula is C64H86F5N19O13. The lowest BCUT2D eigenvalue weighted by molar-refractivity contribution is -0.148. The molecule has 10 atom stereocenters. The fraction of sp³-hybridized carbons (Fsp3) is 0.516. The second-order valence-corrected chi connectivity index (χ2v) is 25.2. The van der Waals surface area contributed by atoms with E-state index in [0.717, 1.165) is 16.0 Å². The van der Waals surface area contributed by atoms with Crippen molar-refractivity contribution in [3.8, 4) is 0 Å². The number of hydrogen-bond acceptors (Lipinski definition) is 16. The van der Waals surface area contributed by atoms with Crippen molar-refractivity contribution >= 4 is 77.0 Å². The lowest BCUT2D eigenvalue weighted by atomic mass is 9.94. The highest BCUT2D eigenvalue weighted by Crippen LogP contribution is 2.32. The van der Waals surface area contributed by atoms with Crippen LogP contribution in [0.25, 0.3) is 0 Å². The third-order valence-electron chi connectivity index (χ3n) is 18.0. The second kappa shape index (κ2) is 36.2. The molecule has 32 nitrogen and oxygen atoms in total. The van der Waals surface area contributed by atoms with Crippen molar-refractivity contribution in [1.29, 1.82) is 0 Å². The fourth-order valence-corrected chi connectivity index (χ4v) is 12.9. The molecule has 9 amide bonds. The number of carboxylic acids is 1. The monoisotopic (exact) mass is 1420 g/mol. The maximum atomic E-state index is 15.6. The number of aliphatic hydroxyl groups excluding tert-OH is 2. The van der Waals surface area contributed by atoms with Crippen LogP contribution in [0.4, 0.5) is 22.0 Å². The highest BCUT2D eigenvalue weighted by molar-refractivity contribution is 5.99. The number of benzene rings is 3. The van der Waals surface area contributed by atoms with E-state index in [-0.39, 0.29) is 121 Å². The van der Waals surface area contributed by atoms with Crippen LogP contribution in [-0.4, -0.2) is 208 Å². The maximum Gasteiger partial charge on any atom is 0.326 e. The Hall–Kier alpha value is -10.3. The van der Waals surface area contributed by atoms with Crippen LogP contribution in [0, 0.1) is 40.9 Å². The number of carboxylic acid groups (broad SMARTS) is 1. The Balaban J connectivity index is 1.08. The molecule has 2 aliphatic heterocycles. The summed E-state index contributed by atoms with van der Waals surface area (Å²) in [7, 11) is 0. The molecule has 37 heteroatoms. The average molecular weight is 1420 g/mol. The van der Waals surface area contributed by atoms with Crippen LogP contribution in [-0.2, 0) is 80.0 Å². The number of rotatable bonds is 34. The number of β-amino-alcohol motifs (C(OH)–C–C–N with tert-alkyl or cyclic N) is 1. The van der Waals surface area contributed by atoms with E-state index in [9.17, 15) is 76.4 Å². The molecule has 24 N–H and O–H groups in total. The number of fused-ring (bicyclic) bond motifs is 2. The molecule has 0 unspecified atom stereocenters. The van der Waals surface area contributed by atoms with Crippen LogP contribution >= 0.6 is 0 Å². The smallest absolute Gasteiger partial charge is 0.326 e. The summed E-state index contributed by atoms with van der Waals surface area (Å²) in [6, 6.07) is -0.662. The van der Waals surface area contributed by atoms with Gasteiger partial charge >= 0.3 is 5.97 Å². The molecule has 2 saturated heterocycles. The van der Waals surface area contributed by atoms with Crippen LogP contribution in [0.15, 0.2) is 63.5 Å². The number of halogens is 5. The number of carbonyl (C=O) groups excluding carboxylic acids is 9. The predicted octanol–water partition coefficient (Wildman–Crippen LogP) is -4.70. The van der Waals surface area contributed by atoms with Crippen LogP contribution in [0.5, 0.6) is 0 Å². The van der Waals surface area contributed by atoms with Crippen molar-refractivity contribution in [2.24, 2.45) is 66.9 Å². The summed E-state index contributed by atoms with van der Waals surface area (Å²) in [5.41, 5.74) is 40.0. The van der Waals surface area contributed by atoms with Gasteiger partial charge in [-0.2, -0.15) is 0 Å². The summed E-state index contributed by atoms with van der Waals surface area (Å²) in [5, 5.41) is 48.5. The van der Waals surface area contributed by atoms with E-state index < -0.39 is 186 Å². The van der Waals surface area contributed by atoms with E-state index in [4.69, 9.17) is 40.1 Å². The quantitative estimate of drug-likeness (QED) is 0.00667. The Labute approximate surface area is 576 Å². The van der Waals surface area contributed by atoms with Gasteiger partial charge in [0.1, 0.15) is 48.3 Å². The lowest BCUT2D eigenvalue weighted by Crippen LogP contribution is -2.62. The van der Waals surface area contributed by atoms with E-state index >= 15 is 8.78 Å². The first kappa shape index (κ1) is 78.0. The van der Waals surface area contributed by atoms with Crippen LogP contribution in [0.3, 0.4) is 0 Å². The molecule has 4 aliphatic rings. The van der Waals surface area contributed by atoms with Crippen molar-refractivity contribution < 1.29 is 85.2 Å². The number of hydrogen-bond donors (Lipinski definition) is 17. The zero-order valence-corrected chi connectivity index (χ0v) is 55.0. The summed E-state index contributed by atoms with van der Waals surface area (Å²) >= 11 is 0. The number of nitrogens with one attached hydrogen (secondary N) is 7. The molecule has 3 aromatic carbocycles. The number of carbonyl (C=O) groups is 10. The molecule has 0 bridgehead atoms. The highest BCUT2D eigenvalue weighted by Gasteiger charge is 2.47. The fourth-order valence-electron chi connectivity index (χ4n) is 12.9. The molecule has 550 valence electrons. The van der Waals surface area contributed by atoms with Crippen LogP contribution in [0.2, 0.25) is 0 Å². The van der Waals surface area contributed by atoms with E-state index in [1.165, 1.54) is 4.90 Å². The minimum absolute atomic E-state index is 0.0128. The Morgan fingerprint density at radius 2 is 0.990 bits per heavy atom. The molecule has 2 fully saturated rings. The van der Waals surface area contributed by atoms with Gasteiger partial charge in [0.05, 0.1) is 25.3 Å². The highest BCUT2D eigenvalue weighted by atomic mass is 19.2. The van der Waals surface area contributed by atoms with Gasteiger partial charge in [0, 0.05) is 51.1 Å². The zero-order chi connectivity index (χ0) is 73.9. The van der Waals surface area contributed by atoms with E-state index in [0.29, 0.717) is 24.0 Å². The van der Waals surface area contributed by atoms with Crippen molar-refractivity contribution in [3.63, 3.8) is 0 Å². The molecule has 7 rings (SSSR count). The Morgan fingerprint density at radius 1 is 0.545 bits per heavy atom. The first-order valence-electron chi connectivity index (χ1n) is 32.7. The zero-order valence-electron chi connectivity index (χ0n) is 55.0. The maximum absolute atomic E-state index is 15.6. The van der Waals surface area contributed by atoms with E-state index in [2.05, 4.69) is 52.2 Å². The molecule has 3 aromatic rings. The molecule has 101 heavy (non-hydrogen) atoms. The summed E-state index contributed by atoms with van der Waals surface area (Å²) in [6.45, 7) is -2.27. The van der Waals surface area contributed by atoms with Gasteiger partial charge < -0.3 is 102 Å². The van der Waals surface area contributed by atoms with Gasteiger partial charge in [-0.15, -0.1) is 0 Å². The first-order chi connectivity index (χ1) is 48.0. The number of guanidine groups is 3. The van der Waals surface area contributed by atoms with Crippen LogP contribution < -0.4 is 77.4 Å². The van der Waals surface area contributed by atoms with Crippen LogP contribution in [0.1, 0.15) is 85.6 Å². The number of aliphatic carboxylic acids is 1. The van der Waals surface area contributed by atoms with Crippen molar-refractivity contribution in [1.82, 2.24) is 47.0 Å². The Morgan fingerprint density at radius 3 is 1.49 bits per heavy atom. The number of nitrogens with zero attached hydrogens (tertiary/aromatic N) is 5. The molecule has 2 aliphatic carbocycles. The summed E-state index contributed by atoms with van der Waals surface area (Å²) in [5.74, 6) is -25.4. The third kappa shape index (κ3) is 20.9. The van der Waals surface area contributed by atoms with Crippen molar-refractivity contribution in [2.75, 3.05) is 45.9 Å². The van der Waals surface area contributed by atoms with Gasteiger partial charge in [-0.1, -0.05) is 48.5 Å². The predicted molar refractivity (Wildman–Crippen MR) is 352 cm³/mol. The minimum Gasteiger partial charge on any atom is -0.480 e. The van der Waals surface area contributed by atoms with Gasteiger partial charge in [-0.05, 0) is 111 Å². The number of aliphatic hydroxyl groups is 2. The van der Waals surface area contributed by atoms with Crippen molar-refractivity contribution in [3.05, 3.63) is 105 Å². The number of likely N-dealkylation sites (tertiary alicyclic amines) is 2. The normalized spacial score (nSPS) is 18.4. The van der Waals surface area contributed by atoms with Gasteiger partial charge in [0.15, 0.2) is 41.1 Å².